The molecular weight excluding hydrogens is 340 g/mol. The molecule has 0 fully saturated rings. The number of amides is 1. The van der Waals surface area contributed by atoms with E-state index < -0.39 is 0 Å². The molecule has 0 atom stereocenters. The number of ether oxygens (including phenoxy) is 1. The number of aromatic nitrogens is 1. The summed E-state index contributed by atoms with van der Waals surface area (Å²) in [7, 11) is 1.55. The molecule has 0 aliphatic carbocycles. The minimum absolute atomic E-state index is 0.167. The Balaban J connectivity index is 2.11. The number of benzene rings is 2. The summed E-state index contributed by atoms with van der Waals surface area (Å²) in [5.74, 6) is 0.129. The van der Waals surface area contributed by atoms with Crippen molar-refractivity contribution in [3.63, 3.8) is 0 Å². The van der Waals surface area contributed by atoms with Crippen molar-refractivity contribution in [1.29, 1.82) is 0 Å². The summed E-state index contributed by atoms with van der Waals surface area (Å²) in [6.07, 6.45) is 0. The lowest BCUT2D eigenvalue weighted by Crippen LogP contribution is -2.32. The predicted molar refractivity (Wildman–Crippen MR) is 99.5 cm³/mol. The SMILES string of the molecule is COc1ccccc1N(Cc1cc(=O)[nH]c2ccccc12)C(=O)CCl. The number of methoxy groups -OCH3 is 1. The van der Waals surface area contributed by atoms with Crippen molar-refractivity contribution in [1.82, 2.24) is 4.98 Å². The van der Waals surface area contributed by atoms with E-state index in [1.54, 1.807) is 19.2 Å². The van der Waals surface area contributed by atoms with E-state index in [2.05, 4.69) is 4.98 Å². The number of aromatic amines is 1. The van der Waals surface area contributed by atoms with E-state index in [4.69, 9.17) is 16.3 Å². The Morgan fingerprint density at radius 3 is 2.64 bits per heavy atom. The van der Waals surface area contributed by atoms with E-state index in [0.29, 0.717) is 11.4 Å². The smallest absolute Gasteiger partial charge is 0.248 e. The number of pyridine rings is 1. The Hall–Kier alpha value is -2.79. The van der Waals surface area contributed by atoms with Gasteiger partial charge in [0.2, 0.25) is 11.5 Å². The summed E-state index contributed by atoms with van der Waals surface area (Å²) in [4.78, 5) is 28.8. The standard InChI is InChI=1S/C19H17ClN2O3/c1-25-17-9-5-4-8-16(17)22(19(24)11-20)12-13-10-18(23)21-15-7-3-2-6-14(13)15/h2-10H,11-12H2,1H3,(H,21,23). The van der Waals surface area contributed by atoms with E-state index in [1.807, 2.05) is 36.4 Å². The number of nitrogens with one attached hydrogen (secondary N) is 1. The number of hydrogen-bond donors (Lipinski definition) is 1. The zero-order valence-electron chi connectivity index (χ0n) is 13.7. The third-order valence-electron chi connectivity index (χ3n) is 3.96. The summed E-state index contributed by atoms with van der Waals surface area (Å²) in [6.45, 7) is 0.219. The van der Waals surface area contributed by atoms with Gasteiger partial charge in [0.1, 0.15) is 11.6 Å². The normalized spacial score (nSPS) is 10.6. The lowest BCUT2D eigenvalue weighted by Gasteiger charge is -2.24. The molecule has 0 aliphatic heterocycles. The van der Waals surface area contributed by atoms with Crippen LogP contribution in [-0.2, 0) is 11.3 Å². The number of hydrogen-bond acceptors (Lipinski definition) is 3. The van der Waals surface area contributed by atoms with E-state index in [0.717, 1.165) is 16.5 Å². The highest BCUT2D eigenvalue weighted by molar-refractivity contribution is 6.29. The van der Waals surface area contributed by atoms with Crippen LogP contribution < -0.4 is 15.2 Å². The maximum atomic E-state index is 12.5. The number of nitrogens with zero attached hydrogens (tertiary/aromatic N) is 1. The zero-order chi connectivity index (χ0) is 17.8. The molecule has 1 aromatic heterocycles. The number of rotatable bonds is 5. The molecule has 0 saturated heterocycles. The molecule has 3 aromatic rings. The number of carbonyl (C=O) groups is 1. The van der Waals surface area contributed by atoms with Crippen LogP contribution in [-0.4, -0.2) is 23.9 Å². The quantitative estimate of drug-likeness (QED) is 0.713. The number of anilines is 1. The first-order chi connectivity index (χ1) is 12.1. The summed E-state index contributed by atoms with van der Waals surface area (Å²) in [5, 5.41) is 0.879. The molecule has 0 bridgehead atoms. The highest BCUT2D eigenvalue weighted by Gasteiger charge is 2.20. The number of halogens is 1. The minimum Gasteiger partial charge on any atom is -0.495 e. The van der Waals surface area contributed by atoms with Gasteiger partial charge in [-0.2, -0.15) is 0 Å². The second-order valence-corrected chi connectivity index (χ2v) is 5.76. The number of fused-ring (bicyclic) bond motifs is 1. The van der Waals surface area contributed by atoms with Crippen LogP contribution in [0.2, 0.25) is 0 Å². The Morgan fingerprint density at radius 1 is 1.16 bits per heavy atom. The Morgan fingerprint density at radius 2 is 1.88 bits per heavy atom. The van der Waals surface area contributed by atoms with Gasteiger partial charge in [-0.05, 0) is 23.8 Å². The monoisotopic (exact) mass is 356 g/mol. The van der Waals surface area contributed by atoms with Crippen LogP contribution in [0, 0.1) is 0 Å². The lowest BCUT2D eigenvalue weighted by molar-refractivity contribution is -0.116. The van der Waals surface area contributed by atoms with Gasteiger partial charge < -0.3 is 14.6 Å². The molecule has 1 N–H and O–H groups in total. The van der Waals surface area contributed by atoms with E-state index in [9.17, 15) is 9.59 Å². The van der Waals surface area contributed by atoms with Crippen molar-refractivity contribution >= 4 is 34.1 Å². The van der Waals surface area contributed by atoms with Gasteiger partial charge in [0.15, 0.2) is 0 Å². The summed E-state index contributed by atoms with van der Waals surface area (Å²) in [6, 6.07) is 16.2. The predicted octanol–water partition coefficient (Wildman–Crippen LogP) is 3.31. The average Bonchev–Trinajstić information content (AvgIpc) is 2.65. The number of carbonyl (C=O) groups excluding carboxylic acids is 1. The first kappa shape index (κ1) is 17.0. The minimum atomic E-state index is -0.268. The summed E-state index contributed by atoms with van der Waals surface area (Å²) in [5.41, 5.74) is 1.86. The largest absolute Gasteiger partial charge is 0.495 e. The molecule has 2 aromatic carbocycles. The number of H-pyrrole nitrogens is 1. The van der Waals surface area contributed by atoms with Crippen molar-refractivity contribution < 1.29 is 9.53 Å². The summed E-state index contributed by atoms with van der Waals surface area (Å²) < 4.78 is 5.37. The Labute approximate surface area is 149 Å². The van der Waals surface area contributed by atoms with Crippen LogP contribution in [0.15, 0.2) is 59.4 Å². The summed E-state index contributed by atoms with van der Waals surface area (Å²) >= 11 is 5.81. The molecule has 6 heteroatoms. The van der Waals surface area contributed by atoms with Gasteiger partial charge in [-0.1, -0.05) is 30.3 Å². The van der Waals surface area contributed by atoms with Gasteiger partial charge in [-0.3, -0.25) is 9.59 Å². The molecule has 128 valence electrons. The van der Waals surface area contributed by atoms with Gasteiger partial charge in [0.25, 0.3) is 0 Å². The van der Waals surface area contributed by atoms with Crippen LogP contribution in [0.4, 0.5) is 5.69 Å². The van der Waals surface area contributed by atoms with E-state index in [-0.39, 0.29) is 23.9 Å². The van der Waals surface area contributed by atoms with Crippen molar-refractivity contribution in [2.45, 2.75) is 6.54 Å². The molecule has 0 aliphatic rings. The molecule has 0 unspecified atom stereocenters. The molecule has 25 heavy (non-hydrogen) atoms. The highest BCUT2D eigenvalue weighted by Crippen LogP contribution is 2.30. The first-order valence-electron chi connectivity index (χ1n) is 7.74. The third-order valence-corrected chi connectivity index (χ3v) is 4.18. The Kier molecular flexibility index (Phi) is 5.05. The molecule has 1 heterocycles. The van der Waals surface area contributed by atoms with Crippen molar-refractivity contribution in [2.24, 2.45) is 0 Å². The molecule has 0 saturated carbocycles. The maximum absolute atomic E-state index is 12.5. The highest BCUT2D eigenvalue weighted by atomic mass is 35.5. The van der Waals surface area contributed by atoms with Gasteiger partial charge >= 0.3 is 0 Å². The van der Waals surface area contributed by atoms with Crippen LogP contribution in [0.3, 0.4) is 0 Å². The molecule has 1 amide bonds. The second-order valence-electron chi connectivity index (χ2n) is 5.49. The number of para-hydroxylation sites is 3. The van der Waals surface area contributed by atoms with E-state index in [1.165, 1.54) is 11.0 Å². The van der Waals surface area contributed by atoms with Crippen LogP contribution >= 0.6 is 11.6 Å². The lowest BCUT2D eigenvalue weighted by atomic mass is 10.1. The van der Waals surface area contributed by atoms with Gasteiger partial charge in [-0.15, -0.1) is 11.6 Å². The maximum Gasteiger partial charge on any atom is 0.248 e. The zero-order valence-corrected chi connectivity index (χ0v) is 14.4. The first-order valence-corrected chi connectivity index (χ1v) is 8.28. The molecule has 3 rings (SSSR count). The second kappa shape index (κ2) is 7.40. The Bertz CT molecular complexity index is 968. The molecule has 0 spiro atoms. The third kappa shape index (κ3) is 3.51. The van der Waals surface area contributed by atoms with Crippen LogP contribution in [0.5, 0.6) is 5.75 Å². The van der Waals surface area contributed by atoms with Gasteiger partial charge in [0, 0.05) is 17.0 Å². The van der Waals surface area contributed by atoms with Crippen LogP contribution in [0.1, 0.15) is 5.56 Å². The fourth-order valence-electron chi connectivity index (χ4n) is 2.81. The molecular formula is C19H17ClN2O3. The molecule has 0 radical (unpaired) electrons. The van der Waals surface area contributed by atoms with Crippen molar-refractivity contribution in [3.8, 4) is 5.75 Å². The number of alkyl halides is 1. The van der Waals surface area contributed by atoms with Crippen molar-refractivity contribution in [2.75, 3.05) is 17.9 Å². The average molecular weight is 357 g/mol. The fourth-order valence-corrected chi connectivity index (χ4v) is 2.95. The van der Waals surface area contributed by atoms with Crippen molar-refractivity contribution in [3.05, 3.63) is 70.5 Å². The van der Waals surface area contributed by atoms with Crippen LogP contribution in [0.25, 0.3) is 10.9 Å². The van der Waals surface area contributed by atoms with Gasteiger partial charge in [0.05, 0.1) is 19.3 Å². The molecule has 5 nitrogen and oxygen atoms in total. The van der Waals surface area contributed by atoms with E-state index >= 15 is 0 Å². The topological polar surface area (TPSA) is 62.4 Å². The fraction of sp³-hybridized carbons (Fsp3) is 0.158. The van der Waals surface area contributed by atoms with Gasteiger partial charge in [-0.25, -0.2) is 0 Å².